The Morgan fingerprint density at radius 1 is 1.27 bits per heavy atom. The first kappa shape index (κ1) is 20.0. The lowest BCUT2D eigenvalue weighted by atomic mass is 10.2. The first-order valence-corrected chi connectivity index (χ1v) is 8.62. The average molecular weight is 389 g/mol. The Labute approximate surface area is 152 Å². The molecule has 7 nitrogen and oxygen atoms in total. The van der Waals surface area contributed by atoms with Gasteiger partial charge >= 0.3 is 6.36 Å². The molecule has 1 aromatic heterocycles. The van der Waals surface area contributed by atoms with Gasteiger partial charge in [0.1, 0.15) is 5.75 Å². The van der Waals surface area contributed by atoms with E-state index in [1.165, 1.54) is 16.8 Å². The smallest absolute Gasteiger partial charge is 0.406 e. The molecule has 0 fully saturated rings. The van der Waals surface area contributed by atoms with Crippen LogP contribution in [0.2, 0.25) is 0 Å². The van der Waals surface area contributed by atoms with Crippen molar-refractivity contribution in [3.63, 3.8) is 0 Å². The molecule has 1 atom stereocenters. The zero-order valence-corrected chi connectivity index (χ0v) is 15.1. The van der Waals surface area contributed by atoms with Crippen molar-refractivity contribution >= 4 is 17.7 Å². The van der Waals surface area contributed by atoms with Crippen LogP contribution in [0, 0.1) is 5.92 Å². The number of ether oxygens (including phenoxy) is 1. The number of hydrogen-bond donors (Lipinski definition) is 1. The fourth-order valence-corrected chi connectivity index (χ4v) is 2.70. The number of carbonyl (C=O) groups is 1. The van der Waals surface area contributed by atoms with Crippen molar-refractivity contribution in [3.8, 4) is 11.4 Å². The van der Waals surface area contributed by atoms with E-state index in [4.69, 9.17) is 0 Å². The average Bonchev–Trinajstić information content (AvgIpc) is 2.99. The van der Waals surface area contributed by atoms with Gasteiger partial charge in [-0.3, -0.25) is 4.79 Å². The Bertz CT molecular complexity index is 734. The normalized spacial score (nSPS) is 12.9. The standard InChI is InChI=1S/C15H18F3N5O2S/c1-9(2)8-19-13(24)10(3)26-14-20-21-22-23(14)11-4-6-12(7-5-11)25-15(16,17)18/h4-7,9-10H,8H2,1-3H3,(H,19,24). The molecule has 1 heterocycles. The Morgan fingerprint density at radius 2 is 1.92 bits per heavy atom. The molecule has 1 aromatic carbocycles. The van der Waals surface area contributed by atoms with Gasteiger partial charge in [-0.1, -0.05) is 25.6 Å². The summed E-state index contributed by atoms with van der Waals surface area (Å²) in [5, 5.41) is 14.0. The highest BCUT2D eigenvalue weighted by Gasteiger charge is 2.31. The van der Waals surface area contributed by atoms with E-state index < -0.39 is 11.6 Å². The largest absolute Gasteiger partial charge is 0.573 e. The maximum absolute atomic E-state index is 12.2. The lowest BCUT2D eigenvalue weighted by Crippen LogP contribution is -2.33. The highest BCUT2D eigenvalue weighted by atomic mass is 32.2. The molecule has 0 aliphatic rings. The molecule has 0 saturated heterocycles. The maximum atomic E-state index is 12.2. The second kappa shape index (κ2) is 8.39. The van der Waals surface area contributed by atoms with Crippen LogP contribution < -0.4 is 10.1 Å². The molecule has 142 valence electrons. The Kier molecular flexibility index (Phi) is 6.46. The lowest BCUT2D eigenvalue weighted by Gasteiger charge is -2.13. The third-order valence-electron chi connectivity index (χ3n) is 3.09. The minimum Gasteiger partial charge on any atom is -0.406 e. The number of nitrogens with zero attached hydrogens (tertiary/aromatic N) is 4. The van der Waals surface area contributed by atoms with Crippen LogP contribution in [0.3, 0.4) is 0 Å². The zero-order valence-electron chi connectivity index (χ0n) is 14.3. The van der Waals surface area contributed by atoms with E-state index in [0.717, 1.165) is 23.9 Å². The van der Waals surface area contributed by atoms with Crippen LogP contribution in [0.15, 0.2) is 29.4 Å². The summed E-state index contributed by atoms with van der Waals surface area (Å²) in [6.07, 6.45) is -4.75. The monoisotopic (exact) mass is 389 g/mol. The molecule has 0 saturated carbocycles. The van der Waals surface area contributed by atoms with Gasteiger partial charge in [-0.05, 0) is 47.5 Å². The molecule has 1 amide bonds. The molecule has 0 aliphatic carbocycles. The van der Waals surface area contributed by atoms with Crippen LogP contribution in [0.5, 0.6) is 5.75 Å². The summed E-state index contributed by atoms with van der Waals surface area (Å²) in [5.41, 5.74) is 0.446. The molecule has 2 rings (SSSR count). The van der Waals surface area contributed by atoms with Crippen LogP contribution in [-0.2, 0) is 4.79 Å². The van der Waals surface area contributed by atoms with E-state index in [2.05, 4.69) is 25.6 Å². The van der Waals surface area contributed by atoms with Crippen LogP contribution >= 0.6 is 11.8 Å². The number of nitrogens with one attached hydrogen (secondary N) is 1. The van der Waals surface area contributed by atoms with Crippen LogP contribution in [0.4, 0.5) is 13.2 Å². The van der Waals surface area contributed by atoms with Gasteiger partial charge in [0.05, 0.1) is 10.9 Å². The molecule has 1 unspecified atom stereocenters. The quantitative estimate of drug-likeness (QED) is 0.734. The van der Waals surface area contributed by atoms with Crippen molar-refractivity contribution in [2.24, 2.45) is 5.92 Å². The SMILES string of the molecule is CC(C)CNC(=O)C(C)Sc1nnnn1-c1ccc(OC(F)(F)F)cc1. The number of rotatable bonds is 7. The molecule has 0 radical (unpaired) electrons. The summed E-state index contributed by atoms with van der Waals surface area (Å²) in [4.78, 5) is 12.1. The number of benzene rings is 1. The number of thioether (sulfide) groups is 1. The second-order valence-electron chi connectivity index (χ2n) is 5.81. The third-order valence-corrected chi connectivity index (χ3v) is 4.12. The van der Waals surface area contributed by atoms with Gasteiger partial charge in [0, 0.05) is 6.54 Å². The summed E-state index contributed by atoms with van der Waals surface area (Å²) in [5.74, 6) is -0.156. The van der Waals surface area contributed by atoms with E-state index in [-0.39, 0.29) is 11.7 Å². The van der Waals surface area contributed by atoms with Gasteiger partial charge in [-0.15, -0.1) is 18.3 Å². The van der Waals surface area contributed by atoms with E-state index in [1.54, 1.807) is 6.92 Å². The summed E-state index contributed by atoms with van der Waals surface area (Å²) in [6, 6.07) is 5.12. The third kappa shape index (κ3) is 5.90. The van der Waals surface area contributed by atoms with Crippen LogP contribution in [-0.4, -0.2) is 44.3 Å². The lowest BCUT2D eigenvalue weighted by molar-refractivity contribution is -0.274. The first-order valence-electron chi connectivity index (χ1n) is 7.74. The van der Waals surface area contributed by atoms with E-state index in [0.29, 0.717) is 23.3 Å². The molecule has 0 aliphatic heterocycles. The van der Waals surface area contributed by atoms with E-state index in [9.17, 15) is 18.0 Å². The summed E-state index contributed by atoms with van der Waals surface area (Å²) in [6.45, 7) is 6.27. The van der Waals surface area contributed by atoms with Gasteiger partial charge in [0.2, 0.25) is 11.1 Å². The highest BCUT2D eigenvalue weighted by molar-refractivity contribution is 8.00. The van der Waals surface area contributed by atoms with Crippen molar-refractivity contribution in [1.82, 2.24) is 25.5 Å². The summed E-state index contributed by atoms with van der Waals surface area (Å²) < 4.78 is 41.8. The number of hydrogen-bond acceptors (Lipinski definition) is 6. The molecule has 2 aromatic rings. The van der Waals surface area contributed by atoms with Gasteiger partial charge in [-0.25, -0.2) is 0 Å². The summed E-state index contributed by atoms with van der Waals surface area (Å²) >= 11 is 1.15. The molecule has 0 spiro atoms. The predicted molar refractivity (Wildman–Crippen MR) is 89.0 cm³/mol. The van der Waals surface area contributed by atoms with Crippen molar-refractivity contribution in [3.05, 3.63) is 24.3 Å². The molecule has 1 N–H and O–H groups in total. The minimum atomic E-state index is -4.75. The Balaban J connectivity index is 2.07. The maximum Gasteiger partial charge on any atom is 0.573 e. The fourth-order valence-electron chi connectivity index (χ4n) is 1.86. The minimum absolute atomic E-state index is 0.146. The molecular weight excluding hydrogens is 371 g/mol. The molecular formula is C15H18F3N5O2S. The number of halogens is 3. The van der Waals surface area contributed by atoms with E-state index in [1.807, 2.05) is 13.8 Å². The van der Waals surface area contributed by atoms with Crippen molar-refractivity contribution < 1.29 is 22.7 Å². The van der Waals surface area contributed by atoms with Crippen molar-refractivity contribution in [2.45, 2.75) is 37.5 Å². The van der Waals surface area contributed by atoms with Crippen molar-refractivity contribution in [2.75, 3.05) is 6.54 Å². The van der Waals surface area contributed by atoms with Crippen LogP contribution in [0.1, 0.15) is 20.8 Å². The second-order valence-corrected chi connectivity index (χ2v) is 7.12. The molecule has 11 heteroatoms. The van der Waals surface area contributed by atoms with Crippen LogP contribution in [0.25, 0.3) is 5.69 Å². The number of amides is 1. The summed E-state index contributed by atoms with van der Waals surface area (Å²) in [7, 11) is 0. The Hall–Kier alpha value is -2.30. The van der Waals surface area contributed by atoms with E-state index >= 15 is 0 Å². The highest BCUT2D eigenvalue weighted by Crippen LogP contribution is 2.26. The number of carbonyl (C=O) groups excluding carboxylic acids is 1. The van der Waals surface area contributed by atoms with Gasteiger partial charge < -0.3 is 10.1 Å². The van der Waals surface area contributed by atoms with Crippen molar-refractivity contribution in [1.29, 1.82) is 0 Å². The predicted octanol–water partition coefficient (Wildman–Crippen LogP) is 2.81. The molecule has 0 bridgehead atoms. The number of alkyl halides is 3. The van der Waals surface area contributed by atoms with Gasteiger partial charge in [0.25, 0.3) is 0 Å². The fraction of sp³-hybridized carbons (Fsp3) is 0.467. The zero-order chi connectivity index (χ0) is 19.3. The van der Waals surface area contributed by atoms with Gasteiger partial charge in [0.15, 0.2) is 0 Å². The van der Waals surface area contributed by atoms with Gasteiger partial charge in [-0.2, -0.15) is 4.68 Å². The number of aromatic nitrogens is 4. The number of tetrazole rings is 1. The Morgan fingerprint density at radius 3 is 2.50 bits per heavy atom. The topological polar surface area (TPSA) is 81.9 Å². The molecule has 26 heavy (non-hydrogen) atoms. The first-order chi connectivity index (χ1) is 12.2.